The molecule has 0 spiro atoms. The van der Waals surface area contributed by atoms with Crippen molar-refractivity contribution in [2.24, 2.45) is 0 Å². The van der Waals surface area contributed by atoms with E-state index in [9.17, 15) is 4.39 Å². The van der Waals surface area contributed by atoms with E-state index in [1.165, 1.54) is 5.19 Å². The van der Waals surface area contributed by atoms with Crippen LogP contribution in [0.25, 0.3) is 0 Å². The maximum Gasteiger partial charge on any atom is 0.114 e. The molecular weight excluding hydrogens is 131 g/mol. The first-order valence-electron chi connectivity index (χ1n) is 2.95. The zero-order chi connectivity index (χ0) is 6.69. The highest BCUT2D eigenvalue weighted by Crippen LogP contribution is 1.95. The third-order valence-corrected chi connectivity index (χ3v) is 2.38. The molecule has 1 rings (SSSR count). The van der Waals surface area contributed by atoms with Crippen LogP contribution in [-0.4, -0.2) is 10.2 Å². The Hall–Kier alpha value is -0.633. The second kappa shape index (κ2) is 2.78. The average Bonchev–Trinajstić information content (AvgIpc) is 1.89. The Morgan fingerprint density at radius 3 is 2.44 bits per heavy atom. The Morgan fingerprint density at radius 1 is 1.33 bits per heavy atom. The third-order valence-electron chi connectivity index (χ3n) is 1.41. The molecule has 0 aliphatic carbocycles. The Bertz CT molecular complexity index is 198. The van der Waals surface area contributed by atoms with Crippen molar-refractivity contribution in [2.75, 3.05) is 0 Å². The number of rotatable bonds is 1. The topological polar surface area (TPSA) is 0 Å². The van der Waals surface area contributed by atoms with Gasteiger partial charge in [-0.25, -0.2) is 4.39 Å². The van der Waals surface area contributed by atoms with Crippen LogP contribution in [0.1, 0.15) is 5.56 Å². The average molecular weight is 140 g/mol. The van der Waals surface area contributed by atoms with E-state index in [0.29, 0.717) is 0 Å². The van der Waals surface area contributed by atoms with Crippen molar-refractivity contribution in [3.05, 3.63) is 29.8 Å². The summed E-state index contributed by atoms with van der Waals surface area (Å²) >= 11 is 0. The van der Waals surface area contributed by atoms with E-state index in [2.05, 4.69) is 0 Å². The van der Waals surface area contributed by atoms with Crippen LogP contribution in [0.5, 0.6) is 0 Å². The van der Waals surface area contributed by atoms with Crippen LogP contribution in [0.15, 0.2) is 24.3 Å². The molecule has 0 nitrogen and oxygen atoms in total. The molecule has 0 saturated heterocycles. The van der Waals surface area contributed by atoms with Gasteiger partial charge in [-0.15, -0.1) is 0 Å². The molecule has 48 valence electrons. The van der Waals surface area contributed by atoms with Gasteiger partial charge in [0.1, 0.15) is 6.67 Å². The molecule has 0 atom stereocenters. The lowest BCUT2D eigenvalue weighted by molar-refractivity contribution is 0.487. The SMILES string of the molecule is FCc1ccccc1[SiH3]. The molecule has 0 bridgehead atoms. The van der Waals surface area contributed by atoms with Crippen LogP contribution in [0.3, 0.4) is 0 Å². The van der Waals surface area contributed by atoms with Gasteiger partial charge < -0.3 is 0 Å². The maximum absolute atomic E-state index is 12.0. The largest absolute Gasteiger partial charge is 0.246 e. The summed E-state index contributed by atoms with van der Waals surface area (Å²) in [6.45, 7) is -0.320. The van der Waals surface area contributed by atoms with Crippen molar-refractivity contribution in [3.8, 4) is 0 Å². The summed E-state index contributed by atoms with van der Waals surface area (Å²) in [6, 6.07) is 7.63. The molecule has 0 aliphatic heterocycles. The summed E-state index contributed by atoms with van der Waals surface area (Å²) in [6.07, 6.45) is 0. The molecule has 9 heavy (non-hydrogen) atoms. The second-order valence-corrected chi connectivity index (χ2v) is 3.14. The minimum atomic E-state index is -0.320. The van der Waals surface area contributed by atoms with E-state index in [4.69, 9.17) is 0 Å². The van der Waals surface area contributed by atoms with Gasteiger partial charge in [0.15, 0.2) is 0 Å². The number of hydrogen-bond acceptors (Lipinski definition) is 0. The molecule has 0 heterocycles. The first-order valence-corrected chi connectivity index (χ1v) is 3.95. The van der Waals surface area contributed by atoms with E-state index in [1.807, 2.05) is 24.3 Å². The van der Waals surface area contributed by atoms with Gasteiger partial charge in [0.2, 0.25) is 0 Å². The normalized spacial score (nSPS) is 9.89. The van der Waals surface area contributed by atoms with E-state index in [0.717, 1.165) is 15.8 Å². The van der Waals surface area contributed by atoms with Crippen LogP contribution in [0.4, 0.5) is 4.39 Å². The summed E-state index contributed by atoms with van der Waals surface area (Å²) in [5, 5.41) is 1.17. The van der Waals surface area contributed by atoms with Crippen molar-refractivity contribution in [1.29, 1.82) is 0 Å². The van der Waals surface area contributed by atoms with Crippen molar-refractivity contribution >= 4 is 15.4 Å². The molecule has 0 aromatic heterocycles. The molecule has 0 amide bonds. The van der Waals surface area contributed by atoms with E-state index in [-0.39, 0.29) is 6.67 Å². The lowest BCUT2D eigenvalue weighted by atomic mass is 10.2. The van der Waals surface area contributed by atoms with E-state index < -0.39 is 0 Å². The van der Waals surface area contributed by atoms with Gasteiger partial charge in [-0.2, -0.15) is 0 Å². The Labute approximate surface area is 57.1 Å². The first-order chi connectivity index (χ1) is 4.34. The summed E-state index contributed by atoms with van der Waals surface area (Å²) < 4.78 is 12.0. The third kappa shape index (κ3) is 1.39. The molecule has 1 aromatic carbocycles. The van der Waals surface area contributed by atoms with Crippen LogP contribution in [0.2, 0.25) is 0 Å². The van der Waals surface area contributed by atoms with Gasteiger partial charge in [0.25, 0.3) is 0 Å². The monoisotopic (exact) mass is 140 g/mol. The minimum Gasteiger partial charge on any atom is -0.246 e. The molecule has 2 heteroatoms. The van der Waals surface area contributed by atoms with Gasteiger partial charge in [-0.05, 0) is 5.56 Å². The lowest BCUT2D eigenvalue weighted by Gasteiger charge is -1.96. The number of hydrogen-bond donors (Lipinski definition) is 0. The van der Waals surface area contributed by atoms with Crippen LogP contribution >= 0.6 is 0 Å². The second-order valence-electron chi connectivity index (χ2n) is 2.06. The van der Waals surface area contributed by atoms with Gasteiger partial charge in [0.05, 0.1) is 0 Å². The molecular formula is C7H9FSi. The van der Waals surface area contributed by atoms with Crippen LogP contribution in [0, 0.1) is 0 Å². The minimum absolute atomic E-state index is 0.320. The number of alkyl halides is 1. The van der Waals surface area contributed by atoms with Gasteiger partial charge >= 0.3 is 0 Å². The predicted octanol–water partition coefficient (Wildman–Crippen LogP) is 0.147. The smallest absolute Gasteiger partial charge is 0.114 e. The zero-order valence-electron chi connectivity index (χ0n) is 5.39. The molecule has 0 fully saturated rings. The van der Waals surface area contributed by atoms with Gasteiger partial charge in [-0.3, -0.25) is 0 Å². The Kier molecular flexibility index (Phi) is 2.00. The van der Waals surface area contributed by atoms with Crippen LogP contribution < -0.4 is 5.19 Å². The quantitative estimate of drug-likeness (QED) is 0.487. The predicted molar refractivity (Wildman–Crippen MR) is 40.8 cm³/mol. The highest BCUT2D eigenvalue weighted by atomic mass is 28.1. The highest BCUT2D eigenvalue weighted by molar-refractivity contribution is 6.33. The molecule has 1 aromatic rings. The molecule has 0 unspecified atom stereocenters. The Morgan fingerprint density at radius 2 is 2.00 bits per heavy atom. The highest BCUT2D eigenvalue weighted by Gasteiger charge is 1.91. The van der Waals surface area contributed by atoms with Crippen molar-refractivity contribution < 1.29 is 4.39 Å². The fourth-order valence-corrected chi connectivity index (χ4v) is 1.25. The summed E-state index contributed by atoms with van der Waals surface area (Å²) in [5.74, 6) is 0. The zero-order valence-corrected chi connectivity index (χ0v) is 7.39. The fourth-order valence-electron chi connectivity index (χ4n) is 0.760. The summed E-state index contributed by atoms with van der Waals surface area (Å²) in [5.41, 5.74) is 0.851. The van der Waals surface area contributed by atoms with Gasteiger partial charge in [-0.1, -0.05) is 29.5 Å². The van der Waals surface area contributed by atoms with E-state index in [1.54, 1.807) is 0 Å². The molecule has 0 aliphatic rings. The molecule has 0 saturated carbocycles. The van der Waals surface area contributed by atoms with Crippen molar-refractivity contribution in [2.45, 2.75) is 6.67 Å². The molecule has 0 radical (unpaired) electrons. The summed E-state index contributed by atoms with van der Waals surface area (Å²) in [4.78, 5) is 0. The van der Waals surface area contributed by atoms with Crippen LogP contribution in [-0.2, 0) is 6.67 Å². The van der Waals surface area contributed by atoms with Gasteiger partial charge in [0, 0.05) is 10.2 Å². The maximum atomic E-state index is 12.0. The van der Waals surface area contributed by atoms with E-state index >= 15 is 0 Å². The standard InChI is InChI=1S/C7H9FSi/c8-5-6-3-1-2-4-7(6)9/h1-4H,5H2,9H3. The number of benzene rings is 1. The fraction of sp³-hybridized carbons (Fsp3) is 0.143. The summed E-state index contributed by atoms with van der Waals surface area (Å²) in [7, 11) is 0.945. The Balaban J connectivity index is 3.01. The first kappa shape index (κ1) is 6.49. The molecule has 0 N–H and O–H groups in total. The van der Waals surface area contributed by atoms with Crippen molar-refractivity contribution in [3.63, 3.8) is 0 Å². The van der Waals surface area contributed by atoms with Crippen molar-refractivity contribution in [1.82, 2.24) is 0 Å². The number of halogens is 1. The lowest BCUT2D eigenvalue weighted by Crippen LogP contribution is -2.07.